The predicted molar refractivity (Wildman–Crippen MR) is 80.6 cm³/mol. The summed E-state index contributed by atoms with van der Waals surface area (Å²) in [6.07, 6.45) is 3.06. The van der Waals surface area contributed by atoms with E-state index in [0.717, 1.165) is 46.8 Å². The average Bonchev–Trinajstić information content (AvgIpc) is 2.47. The summed E-state index contributed by atoms with van der Waals surface area (Å²) in [5.41, 5.74) is 1.68. The highest BCUT2D eigenvalue weighted by Crippen LogP contribution is 2.25. The van der Waals surface area contributed by atoms with E-state index in [2.05, 4.69) is 20.9 Å². The van der Waals surface area contributed by atoms with Crippen molar-refractivity contribution in [2.45, 2.75) is 32.2 Å². The van der Waals surface area contributed by atoms with Crippen LogP contribution >= 0.6 is 15.9 Å². The molecule has 4 nitrogen and oxygen atoms in total. The Morgan fingerprint density at radius 2 is 2.20 bits per heavy atom. The molecule has 1 fully saturated rings. The second-order valence-electron chi connectivity index (χ2n) is 4.92. The monoisotopic (exact) mass is 337 g/mol. The summed E-state index contributed by atoms with van der Waals surface area (Å²) in [6, 6.07) is 7.28. The lowest BCUT2D eigenvalue weighted by Crippen LogP contribution is -2.22. The molecule has 1 atom stereocenters. The Balaban J connectivity index is 1.85. The SMILES string of the molecule is O=c1ccc2c(Br)ccc(COC3CCCCO3)c2[nH]1. The minimum atomic E-state index is -0.127. The molecule has 2 heterocycles. The van der Waals surface area contributed by atoms with E-state index < -0.39 is 0 Å². The molecule has 106 valence electrons. The molecule has 5 heteroatoms. The molecule has 3 rings (SSSR count). The maximum absolute atomic E-state index is 11.5. The standard InChI is InChI=1S/C15H16BrNO3/c16-12-6-4-10(9-20-14-3-1-2-8-19-14)15-11(12)5-7-13(18)17-15/h4-7,14H,1-3,8-9H2,(H,17,18). The van der Waals surface area contributed by atoms with Crippen LogP contribution in [0.4, 0.5) is 0 Å². The van der Waals surface area contributed by atoms with Crippen molar-refractivity contribution in [2.24, 2.45) is 0 Å². The van der Waals surface area contributed by atoms with E-state index in [0.29, 0.717) is 6.61 Å². The first kappa shape index (κ1) is 13.8. The molecule has 20 heavy (non-hydrogen) atoms. The van der Waals surface area contributed by atoms with Crippen molar-refractivity contribution in [1.29, 1.82) is 0 Å². The number of nitrogens with one attached hydrogen (secondary N) is 1. The van der Waals surface area contributed by atoms with Gasteiger partial charge in [0.2, 0.25) is 5.56 Å². The first-order valence-corrected chi connectivity index (χ1v) is 7.57. The lowest BCUT2D eigenvalue weighted by Gasteiger charge is -2.23. The number of halogens is 1. The minimum absolute atomic E-state index is 0.106. The Kier molecular flexibility index (Phi) is 4.19. The van der Waals surface area contributed by atoms with Crippen LogP contribution in [0, 0.1) is 0 Å². The fourth-order valence-electron chi connectivity index (χ4n) is 2.42. The largest absolute Gasteiger partial charge is 0.353 e. The van der Waals surface area contributed by atoms with Gasteiger partial charge >= 0.3 is 0 Å². The smallest absolute Gasteiger partial charge is 0.248 e. The van der Waals surface area contributed by atoms with Crippen LogP contribution in [0.3, 0.4) is 0 Å². The highest BCUT2D eigenvalue weighted by atomic mass is 79.9. The van der Waals surface area contributed by atoms with Gasteiger partial charge in [-0.3, -0.25) is 4.79 Å². The summed E-state index contributed by atoms with van der Waals surface area (Å²) in [6.45, 7) is 1.21. The number of hydrogen-bond acceptors (Lipinski definition) is 3. The summed E-state index contributed by atoms with van der Waals surface area (Å²) >= 11 is 3.50. The molecule has 1 unspecified atom stereocenters. The van der Waals surface area contributed by atoms with Crippen LogP contribution in [0.2, 0.25) is 0 Å². The van der Waals surface area contributed by atoms with Gasteiger partial charge in [0.05, 0.1) is 12.1 Å². The molecule has 1 N–H and O–H groups in total. The van der Waals surface area contributed by atoms with Crippen molar-refractivity contribution in [2.75, 3.05) is 6.61 Å². The predicted octanol–water partition coefficient (Wildman–Crippen LogP) is 3.33. The molecule has 0 bridgehead atoms. The van der Waals surface area contributed by atoms with E-state index in [4.69, 9.17) is 9.47 Å². The van der Waals surface area contributed by atoms with Gasteiger partial charge < -0.3 is 14.5 Å². The van der Waals surface area contributed by atoms with Gasteiger partial charge in [-0.15, -0.1) is 0 Å². The van der Waals surface area contributed by atoms with Crippen molar-refractivity contribution in [3.8, 4) is 0 Å². The number of hydrogen-bond donors (Lipinski definition) is 1. The van der Waals surface area contributed by atoms with Crippen LogP contribution in [-0.4, -0.2) is 17.9 Å². The van der Waals surface area contributed by atoms with Gasteiger partial charge in [-0.1, -0.05) is 22.0 Å². The zero-order chi connectivity index (χ0) is 13.9. The lowest BCUT2D eigenvalue weighted by molar-refractivity contribution is -0.168. The van der Waals surface area contributed by atoms with Crippen LogP contribution in [0.1, 0.15) is 24.8 Å². The summed E-state index contributed by atoms with van der Waals surface area (Å²) < 4.78 is 12.3. The van der Waals surface area contributed by atoms with Crippen molar-refractivity contribution < 1.29 is 9.47 Å². The van der Waals surface area contributed by atoms with E-state index in [1.54, 1.807) is 0 Å². The van der Waals surface area contributed by atoms with E-state index in [1.165, 1.54) is 6.07 Å². The molecule has 0 spiro atoms. The topological polar surface area (TPSA) is 51.3 Å². The van der Waals surface area contributed by atoms with Gasteiger partial charge in [0.25, 0.3) is 0 Å². The number of ether oxygens (including phenoxy) is 2. The van der Waals surface area contributed by atoms with Crippen LogP contribution in [0.25, 0.3) is 10.9 Å². The molecule has 1 aromatic carbocycles. The van der Waals surface area contributed by atoms with Crippen molar-refractivity contribution in [3.05, 3.63) is 44.7 Å². The number of aromatic amines is 1. The Hall–Kier alpha value is -1.17. The van der Waals surface area contributed by atoms with Crippen LogP contribution in [-0.2, 0) is 16.1 Å². The highest BCUT2D eigenvalue weighted by molar-refractivity contribution is 9.10. The molecular weight excluding hydrogens is 322 g/mol. The van der Waals surface area contributed by atoms with E-state index in [-0.39, 0.29) is 11.8 Å². The molecule has 0 radical (unpaired) electrons. The lowest BCUT2D eigenvalue weighted by atomic mass is 10.1. The third-order valence-electron chi connectivity index (χ3n) is 3.49. The Morgan fingerprint density at radius 1 is 1.30 bits per heavy atom. The molecule has 0 aliphatic carbocycles. The quantitative estimate of drug-likeness (QED) is 0.934. The summed E-state index contributed by atoms with van der Waals surface area (Å²) in [5, 5.41) is 0.982. The minimum Gasteiger partial charge on any atom is -0.353 e. The molecule has 0 amide bonds. The summed E-state index contributed by atoms with van der Waals surface area (Å²) in [7, 11) is 0. The van der Waals surface area contributed by atoms with Gasteiger partial charge in [0, 0.05) is 28.1 Å². The average molecular weight is 338 g/mol. The highest BCUT2D eigenvalue weighted by Gasteiger charge is 2.15. The molecular formula is C15H16BrNO3. The molecule has 1 saturated heterocycles. The van der Waals surface area contributed by atoms with Gasteiger partial charge in [-0.05, 0) is 31.4 Å². The molecule has 2 aromatic rings. The summed E-state index contributed by atoms with van der Waals surface area (Å²) in [4.78, 5) is 14.4. The molecule has 1 aliphatic heterocycles. The van der Waals surface area contributed by atoms with Crippen molar-refractivity contribution in [1.82, 2.24) is 4.98 Å². The number of H-pyrrole nitrogens is 1. The molecule has 1 aliphatic rings. The second-order valence-corrected chi connectivity index (χ2v) is 5.78. The van der Waals surface area contributed by atoms with E-state index >= 15 is 0 Å². The van der Waals surface area contributed by atoms with Crippen LogP contribution < -0.4 is 5.56 Å². The number of fused-ring (bicyclic) bond motifs is 1. The maximum atomic E-state index is 11.5. The normalized spacial score (nSPS) is 19.4. The fourth-order valence-corrected chi connectivity index (χ4v) is 2.88. The molecule has 0 saturated carbocycles. The Bertz CT molecular complexity index is 662. The number of pyridine rings is 1. The number of benzene rings is 1. The number of aromatic nitrogens is 1. The van der Waals surface area contributed by atoms with E-state index in [1.807, 2.05) is 18.2 Å². The van der Waals surface area contributed by atoms with Crippen LogP contribution in [0.15, 0.2) is 33.5 Å². The fraction of sp³-hybridized carbons (Fsp3) is 0.400. The van der Waals surface area contributed by atoms with Gasteiger partial charge in [-0.2, -0.15) is 0 Å². The Morgan fingerprint density at radius 3 is 3.00 bits per heavy atom. The van der Waals surface area contributed by atoms with Gasteiger partial charge in [-0.25, -0.2) is 0 Å². The van der Waals surface area contributed by atoms with Crippen LogP contribution in [0.5, 0.6) is 0 Å². The first-order valence-electron chi connectivity index (χ1n) is 6.78. The number of rotatable bonds is 3. The maximum Gasteiger partial charge on any atom is 0.248 e. The first-order chi connectivity index (χ1) is 9.74. The van der Waals surface area contributed by atoms with Crippen molar-refractivity contribution >= 4 is 26.8 Å². The third kappa shape index (κ3) is 2.95. The zero-order valence-corrected chi connectivity index (χ0v) is 12.6. The second kappa shape index (κ2) is 6.08. The van der Waals surface area contributed by atoms with Crippen molar-refractivity contribution in [3.63, 3.8) is 0 Å². The zero-order valence-electron chi connectivity index (χ0n) is 11.0. The summed E-state index contributed by atoms with van der Waals surface area (Å²) in [5.74, 6) is 0. The molecule has 1 aromatic heterocycles. The third-order valence-corrected chi connectivity index (χ3v) is 4.18. The van der Waals surface area contributed by atoms with E-state index in [9.17, 15) is 4.79 Å². The van der Waals surface area contributed by atoms with Gasteiger partial charge in [0.15, 0.2) is 6.29 Å². The van der Waals surface area contributed by atoms with Gasteiger partial charge in [0.1, 0.15) is 0 Å². The Labute approximate surface area is 125 Å².